The Morgan fingerprint density at radius 3 is 2.71 bits per heavy atom. The number of rotatable bonds is 6. The molecular formula is C16H24FN3O. The molecular weight excluding hydrogens is 269 g/mol. The molecule has 1 N–H and O–H groups in total. The number of likely N-dealkylation sites (N-methyl/N-ethyl adjacent to an activating group) is 1. The first kappa shape index (κ1) is 15.9. The number of nitrogens with one attached hydrogen (secondary N) is 1. The highest BCUT2D eigenvalue weighted by atomic mass is 19.1. The average Bonchev–Trinajstić information content (AvgIpc) is 2.91. The summed E-state index contributed by atoms with van der Waals surface area (Å²) in [6.45, 7) is 3.77. The van der Waals surface area contributed by atoms with E-state index in [1.807, 2.05) is 14.1 Å². The average molecular weight is 293 g/mol. The van der Waals surface area contributed by atoms with Gasteiger partial charge in [0, 0.05) is 13.1 Å². The van der Waals surface area contributed by atoms with Gasteiger partial charge in [0.1, 0.15) is 11.9 Å². The third-order valence-corrected chi connectivity index (χ3v) is 3.86. The zero-order chi connectivity index (χ0) is 15.2. The van der Waals surface area contributed by atoms with Gasteiger partial charge in [-0.1, -0.05) is 12.1 Å². The Morgan fingerprint density at radius 1 is 1.38 bits per heavy atom. The SMILES string of the molecule is CN(C)[C@H](C(=O)NCCN1CCCC1)c1cccc(F)c1. The number of amides is 1. The van der Waals surface area contributed by atoms with Gasteiger partial charge in [-0.05, 0) is 57.7 Å². The van der Waals surface area contributed by atoms with Crippen LogP contribution in [0.3, 0.4) is 0 Å². The molecule has 0 radical (unpaired) electrons. The Morgan fingerprint density at radius 2 is 2.10 bits per heavy atom. The third kappa shape index (κ3) is 4.51. The molecule has 21 heavy (non-hydrogen) atoms. The first-order chi connectivity index (χ1) is 10.1. The maximum Gasteiger partial charge on any atom is 0.241 e. The molecule has 1 aliphatic heterocycles. The first-order valence-corrected chi connectivity index (χ1v) is 7.50. The first-order valence-electron chi connectivity index (χ1n) is 7.50. The predicted molar refractivity (Wildman–Crippen MR) is 81.5 cm³/mol. The molecule has 0 bridgehead atoms. The molecule has 1 fully saturated rings. The van der Waals surface area contributed by atoms with Crippen LogP contribution in [0.25, 0.3) is 0 Å². The van der Waals surface area contributed by atoms with E-state index in [4.69, 9.17) is 0 Å². The van der Waals surface area contributed by atoms with Crippen molar-refractivity contribution < 1.29 is 9.18 Å². The van der Waals surface area contributed by atoms with Gasteiger partial charge in [-0.25, -0.2) is 4.39 Å². The maximum atomic E-state index is 13.4. The molecule has 116 valence electrons. The van der Waals surface area contributed by atoms with Crippen molar-refractivity contribution in [3.05, 3.63) is 35.6 Å². The fourth-order valence-electron chi connectivity index (χ4n) is 2.80. The maximum absolute atomic E-state index is 13.4. The highest BCUT2D eigenvalue weighted by Crippen LogP contribution is 2.19. The summed E-state index contributed by atoms with van der Waals surface area (Å²) < 4.78 is 13.4. The van der Waals surface area contributed by atoms with E-state index in [-0.39, 0.29) is 11.7 Å². The van der Waals surface area contributed by atoms with Gasteiger partial charge < -0.3 is 10.2 Å². The number of carbonyl (C=O) groups excluding carboxylic acids is 1. The van der Waals surface area contributed by atoms with Crippen molar-refractivity contribution in [3.8, 4) is 0 Å². The normalized spacial score (nSPS) is 17.1. The Kier molecular flexibility index (Phi) is 5.70. The van der Waals surface area contributed by atoms with E-state index in [2.05, 4.69) is 10.2 Å². The van der Waals surface area contributed by atoms with Gasteiger partial charge in [0.05, 0.1) is 0 Å². The monoisotopic (exact) mass is 293 g/mol. The second-order valence-electron chi connectivity index (χ2n) is 5.76. The Hall–Kier alpha value is -1.46. The van der Waals surface area contributed by atoms with Gasteiger partial charge in [0.15, 0.2) is 0 Å². The summed E-state index contributed by atoms with van der Waals surface area (Å²) in [6.07, 6.45) is 2.50. The molecule has 0 spiro atoms. The summed E-state index contributed by atoms with van der Waals surface area (Å²) in [5, 5.41) is 2.96. The lowest BCUT2D eigenvalue weighted by Crippen LogP contribution is -2.40. The van der Waals surface area contributed by atoms with Crippen LogP contribution < -0.4 is 5.32 Å². The number of carbonyl (C=O) groups is 1. The van der Waals surface area contributed by atoms with Crippen LogP contribution in [0, 0.1) is 5.82 Å². The van der Waals surface area contributed by atoms with E-state index >= 15 is 0 Å². The van der Waals surface area contributed by atoms with Crippen molar-refractivity contribution in [2.75, 3.05) is 40.3 Å². The van der Waals surface area contributed by atoms with Crippen LogP contribution in [0.1, 0.15) is 24.4 Å². The molecule has 1 aromatic carbocycles. The topological polar surface area (TPSA) is 35.6 Å². The quantitative estimate of drug-likeness (QED) is 0.866. The number of likely N-dealkylation sites (tertiary alicyclic amines) is 1. The molecule has 2 rings (SSSR count). The fourth-order valence-corrected chi connectivity index (χ4v) is 2.80. The molecule has 0 aromatic heterocycles. The summed E-state index contributed by atoms with van der Waals surface area (Å²) in [7, 11) is 3.66. The summed E-state index contributed by atoms with van der Waals surface area (Å²) in [5.74, 6) is -0.394. The predicted octanol–water partition coefficient (Wildman–Crippen LogP) is 1.64. The van der Waals surface area contributed by atoms with Crippen molar-refractivity contribution in [3.63, 3.8) is 0 Å². The Balaban J connectivity index is 1.92. The minimum atomic E-state index is -0.459. The van der Waals surface area contributed by atoms with Crippen LogP contribution in [-0.2, 0) is 4.79 Å². The van der Waals surface area contributed by atoms with Crippen LogP contribution in [0.5, 0.6) is 0 Å². The van der Waals surface area contributed by atoms with Crippen molar-refractivity contribution in [1.29, 1.82) is 0 Å². The van der Waals surface area contributed by atoms with E-state index in [0.717, 1.165) is 19.6 Å². The van der Waals surface area contributed by atoms with Gasteiger partial charge in [-0.3, -0.25) is 9.69 Å². The van der Waals surface area contributed by atoms with Crippen LogP contribution in [-0.4, -0.2) is 56.0 Å². The number of hydrogen-bond acceptors (Lipinski definition) is 3. The molecule has 1 aromatic rings. The van der Waals surface area contributed by atoms with Crippen LogP contribution in [0.4, 0.5) is 4.39 Å². The van der Waals surface area contributed by atoms with E-state index < -0.39 is 6.04 Å². The second kappa shape index (κ2) is 7.52. The molecule has 0 aliphatic carbocycles. The van der Waals surface area contributed by atoms with Gasteiger partial charge in [0.25, 0.3) is 0 Å². The summed E-state index contributed by atoms with van der Waals surface area (Å²) in [4.78, 5) is 16.5. The molecule has 0 saturated carbocycles. The lowest BCUT2D eigenvalue weighted by molar-refractivity contribution is -0.125. The van der Waals surface area contributed by atoms with Crippen molar-refractivity contribution in [1.82, 2.24) is 15.1 Å². The van der Waals surface area contributed by atoms with Gasteiger partial charge in [-0.15, -0.1) is 0 Å². The molecule has 1 heterocycles. The van der Waals surface area contributed by atoms with Crippen LogP contribution >= 0.6 is 0 Å². The molecule has 0 unspecified atom stereocenters. The van der Waals surface area contributed by atoms with Gasteiger partial charge in [0.2, 0.25) is 5.91 Å². The van der Waals surface area contributed by atoms with E-state index in [9.17, 15) is 9.18 Å². The highest BCUT2D eigenvalue weighted by Gasteiger charge is 2.23. The van der Waals surface area contributed by atoms with Crippen LogP contribution in [0.2, 0.25) is 0 Å². The second-order valence-corrected chi connectivity index (χ2v) is 5.76. The highest BCUT2D eigenvalue weighted by molar-refractivity contribution is 5.83. The largest absolute Gasteiger partial charge is 0.353 e. The van der Waals surface area contributed by atoms with E-state index in [1.54, 1.807) is 17.0 Å². The van der Waals surface area contributed by atoms with E-state index in [1.165, 1.54) is 25.0 Å². The minimum absolute atomic E-state index is 0.0789. The molecule has 1 atom stereocenters. The number of halogens is 1. The number of benzene rings is 1. The Labute approximate surface area is 125 Å². The smallest absolute Gasteiger partial charge is 0.241 e. The lowest BCUT2D eigenvalue weighted by Gasteiger charge is -2.24. The van der Waals surface area contributed by atoms with Crippen LogP contribution in [0.15, 0.2) is 24.3 Å². The summed E-state index contributed by atoms with van der Waals surface area (Å²) in [6, 6.07) is 5.78. The van der Waals surface area contributed by atoms with Gasteiger partial charge in [-0.2, -0.15) is 0 Å². The lowest BCUT2D eigenvalue weighted by atomic mass is 10.1. The Bertz CT molecular complexity index is 472. The number of nitrogens with zero attached hydrogens (tertiary/aromatic N) is 2. The molecule has 1 saturated heterocycles. The molecule has 1 amide bonds. The summed E-state index contributed by atoms with van der Waals surface area (Å²) >= 11 is 0. The standard InChI is InChI=1S/C16H24FN3O/c1-19(2)15(13-6-5-7-14(17)12-13)16(21)18-8-11-20-9-3-4-10-20/h5-7,12,15H,3-4,8-11H2,1-2H3,(H,18,21)/t15-/m0/s1. The zero-order valence-electron chi connectivity index (χ0n) is 12.8. The van der Waals surface area contributed by atoms with Crippen molar-refractivity contribution in [2.24, 2.45) is 0 Å². The number of hydrogen-bond donors (Lipinski definition) is 1. The fraction of sp³-hybridized carbons (Fsp3) is 0.562. The van der Waals surface area contributed by atoms with Crippen molar-refractivity contribution in [2.45, 2.75) is 18.9 Å². The van der Waals surface area contributed by atoms with Gasteiger partial charge >= 0.3 is 0 Å². The minimum Gasteiger partial charge on any atom is -0.353 e. The molecule has 1 aliphatic rings. The van der Waals surface area contributed by atoms with E-state index in [0.29, 0.717) is 12.1 Å². The molecule has 5 heteroatoms. The third-order valence-electron chi connectivity index (χ3n) is 3.86. The zero-order valence-corrected chi connectivity index (χ0v) is 12.8. The van der Waals surface area contributed by atoms with Crippen molar-refractivity contribution >= 4 is 5.91 Å². The summed E-state index contributed by atoms with van der Waals surface area (Å²) in [5.41, 5.74) is 0.679. The molecule has 4 nitrogen and oxygen atoms in total.